The zero-order chi connectivity index (χ0) is 25.7. The number of carbonyl (C=O) groups is 1. The van der Waals surface area contributed by atoms with E-state index >= 15 is 0 Å². The van der Waals surface area contributed by atoms with Gasteiger partial charge in [0.15, 0.2) is 5.75 Å². The molecule has 4 aromatic rings. The fourth-order valence-corrected chi connectivity index (χ4v) is 4.50. The third-order valence-electron chi connectivity index (χ3n) is 5.07. The normalized spacial score (nSPS) is 11.7. The minimum atomic E-state index is -4.33. The van der Waals surface area contributed by atoms with Crippen LogP contribution in [0.3, 0.4) is 0 Å². The molecule has 0 aliphatic heterocycles. The van der Waals surface area contributed by atoms with E-state index in [1.165, 1.54) is 29.5 Å². The summed E-state index contributed by atoms with van der Waals surface area (Å²) in [6.07, 6.45) is -2.79. The number of benzene rings is 3. The smallest absolute Gasteiger partial charge is 0.390 e. The monoisotopic (exact) mass is 514 g/mol. The van der Waals surface area contributed by atoms with Crippen LogP contribution in [0.2, 0.25) is 0 Å². The zero-order valence-corrected chi connectivity index (χ0v) is 19.3. The first kappa shape index (κ1) is 25.1. The van der Waals surface area contributed by atoms with Gasteiger partial charge in [0.05, 0.1) is 11.3 Å². The number of halogens is 4. The molecule has 5 nitrogen and oxygen atoms in total. The molecule has 0 saturated carbocycles. The molecule has 0 saturated heterocycles. The summed E-state index contributed by atoms with van der Waals surface area (Å²) >= 11 is 1.38. The number of thiophene rings is 1. The third-order valence-corrected chi connectivity index (χ3v) is 6.26. The van der Waals surface area contributed by atoms with Gasteiger partial charge in [0.2, 0.25) is 5.91 Å². The number of amides is 1. The molecule has 1 heterocycles. The molecule has 1 aromatic heterocycles. The van der Waals surface area contributed by atoms with Crippen molar-refractivity contribution >= 4 is 39.1 Å². The molecule has 10 heteroatoms. The van der Waals surface area contributed by atoms with Crippen molar-refractivity contribution in [2.45, 2.75) is 12.6 Å². The first-order chi connectivity index (χ1) is 17.2. The van der Waals surface area contributed by atoms with Gasteiger partial charge in [-0.25, -0.2) is 4.39 Å². The predicted octanol–water partition coefficient (Wildman–Crippen LogP) is 7.98. The molecule has 0 unspecified atom stereocenters. The maximum absolute atomic E-state index is 13.5. The molecule has 0 aliphatic rings. The fraction of sp³-hybridized carbons (Fsp3) is 0.115. The first-order valence-corrected chi connectivity index (χ1v) is 11.5. The van der Waals surface area contributed by atoms with Crippen molar-refractivity contribution in [3.8, 4) is 21.9 Å². The molecule has 36 heavy (non-hydrogen) atoms. The SMILES string of the molecule is O=Nc1ccc2c(Oc3ccc(/C=C/C(=O)NCCC(F)(F)F)cc3)c(-c3ccc(F)cc3)sc2c1. The summed E-state index contributed by atoms with van der Waals surface area (Å²) in [4.78, 5) is 23.4. The number of nitroso groups, excluding NO2 is 1. The van der Waals surface area contributed by atoms with Crippen LogP contribution in [0.5, 0.6) is 11.5 Å². The van der Waals surface area contributed by atoms with Gasteiger partial charge in [-0.1, -0.05) is 24.3 Å². The number of ether oxygens (including phenoxy) is 1. The number of nitrogens with zero attached hydrogens (tertiary/aromatic N) is 1. The zero-order valence-electron chi connectivity index (χ0n) is 18.5. The molecule has 0 spiro atoms. The topological polar surface area (TPSA) is 67.8 Å². The number of nitrogens with one attached hydrogen (secondary N) is 1. The van der Waals surface area contributed by atoms with Gasteiger partial charge in [-0.05, 0) is 64.8 Å². The summed E-state index contributed by atoms with van der Waals surface area (Å²) in [6, 6.07) is 17.7. The van der Waals surface area contributed by atoms with Crippen LogP contribution >= 0.6 is 11.3 Å². The summed E-state index contributed by atoms with van der Waals surface area (Å²) in [5.41, 5.74) is 1.66. The Balaban J connectivity index is 1.54. The van der Waals surface area contributed by atoms with E-state index in [1.54, 1.807) is 54.6 Å². The highest BCUT2D eigenvalue weighted by Crippen LogP contribution is 2.47. The Morgan fingerprint density at radius 2 is 1.75 bits per heavy atom. The second kappa shape index (κ2) is 10.7. The molecule has 3 aromatic carbocycles. The first-order valence-electron chi connectivity index (χ1n) is 10.7. The molecule has 0 aliphatic carbocycles. The van der Waals surface area contributed by atoms with Crippen LogP contribution in [0, 0.1) is 10.7 Å². The fourth-order valence-electron chi connectivity index (χ4n) is 3.33. The molecule has 0 bridgehead atoms. The van der Waals surface area contributed by atoms with Crippen molar-refractivity contribution in [1.29, 1.82) is 0 Å². The Morgan fingerprint density at radius 3 is 2.42 bits per heavy atom. The molecule has 1 amide bonds. The molecule has 1 N–H and O–H groups in total. The summed E-state index contributed by atoms with van der Waals surface area (Å²) in [6.45, 7) is -0.491. The van der Waals surface area contributed by atoms with Crippen molar-refractivity contribution in [1.82, 2.24) is 5.32 Å². The van der Waals surface area contributed by atoms with Crippen LogP contribution in [0.1, 0.15) is 12.0 Å². The number of carbonyl (C=O) groups excluding carboxylic acids is 1. The van der Waals surface area contributed by atoms with E-state index in [9.17, 15) is 27.3 Å². The van der Waals surface area contributed by atoms with Gasteiger partial charge in [-0.15, -0.1) is 16.2 Å². The second-order valence-corrected chi connectivity index (χ2v) is 8.75. The molecular formula is C26H18F4N2O3S. The highest BCUT2D eigenvalue weighted by atomic mass is 32.1. The van der Waals surface area contributed by atoms with E-state index < -0.39 is 25.0 Å². The van der Waals surface area contributed by atoms with Gasteiger partial charge in [-0.2, -0.15) is 13.2 Å². The van der Waals surface area contributed by atoms with Gasteiger partial charge in [0.25, 0.3) is 0 Å². The Morgan fingerprint density at radius 1 is 1.03 bits per heavy atom. The number of hydrogen-bond donors (Lipinski definition) is 1. The average Bonchev–Trinajstić information content (AvgIpc) is 3.20. The van der Waals surface area contributed by atoms with Crippen LogP contribution in [0.4, 0.5) is 23.2 Å². The van der Waals surface area contributed by atoms with Crippen LogP contribution in [0.25, 0.3) is 26.6 Å². The van der Waals surface area contributed by atoms with E-state index in [0.717, 1.165) is 26.6 Å². The number of alkyl halides is 3. The van der Waals surface area contributed by atoms with Gasteiger partial charge in [-0.3, -0.25) is 4.79 Å². The van der Waals surface area contributed by atoms with Crippen LogP contribution in [0.15, 0.2) is 78.0 Å². The summed E-state index contributed by atoms with van der Waals surface area (Å²) < 4.78 is 56.9. The Labute approximate surface area is 207 Å². The standard InChI is InChI=1S/C26H18F4N2O3S/c27-18-6-4-17(5-7-18)25-24(21-11-8-19(32-34)15-22(21)36-25)35-20-9-1-16(2-10-20)3-12-23(33)31-14-13-26(28,29)30/h1-12,15H,13-14H2,(H,31,33)/b12-3+. The number of hydrogen-bond acceptors (Lipinski definition) is 5. The van der Waals surface area contributed by atoms with Crippen LogP contribution in [-0.4, -0.2) is 18.6 Å². The molecule has 0 atom stereocenters. The van der Waals surface area contributed by atoms with Gasteiger partial charge in [0, 0.05) is 22.7 Å². The molecule has 0 fully saturated rings. The highest BCUT2D eigenvalue weighted by Gasteiger charge is 2.26. The predicted molar refractivity (Wildman–Crippen MR) is 132 cm³/mol. The largest absolute Gasteiger partial charge is 0.455 e. The Hall–Kier alpha value is -4.05. The lowest BCUT2D eigenvalue weighted by atomic mass is 10.1. The number of rotatable bonds is 8. The van der Waals surface area contributed by atoms with E-state index in [1.807, 2.05) is 0 Å². The Bertz CT molecular complexity index is 1410. The molecule has 4 rings (SSSR count). The van der Waals surface area contributed by atoms with Crippen LogP contribution < -0.4 is 10.1 Å². The van der Waals surface area contributed by atoms with Crippen molar-refractivity contribution in [3.63, 3.8) is 0 Å². The maximum Gasteiger partial charge on any atom is 0.390 e. The van der Waals surface area contributed by atoms with Crippen molar-refractivity contribution in [3.05, 3.63) is 89.1 Å². The van der Waals surface area contributed by atoms with E-state index in [-0.39, 0.29) is 11.5 Å². The van der Waals surface area contributed by atoms with Crippen molar-refractivity contribution in [2.24, 2.45) is 5.18 Å². The lowest BCUT2D eigenvalue weighted by Crippen LogP contribution is -2.26. The lowest BCUT2D eigenvalue weighted by Gasteiger charge is -2.09. The lowest BCUT2D eigenvalue weighted by molar-refractivity contribution is -0.134. The van der Waals surface area contributed by atoms with Crippen molar-refractivity contribution in [2.75, 3.05) is 6.54 Å². The van der Waals surface area contributed by atoms with Crippen molar-refractivity contribution < 1.29 is 27.1 Å². The minimum Gasteiger partial charge on any atom is -0.455 e. The van der Waals surface area contributed by atoms with E-state index in [0.29, 0.717) is 17.1 Å². The highest BCUT2D eigenvalue weighted by molar-refractivity contribution is 7.22. The quantitative estimate of drug-likeness (QED) is 0.147. The summed E-state index contributed by atoms with van der Waals surface area (Å²) in [5, 5.41) is 5.91. The minimum absolute atomic E-state index is 0.277. The summed E-state index contributed by atoms with van der Waals surface area (Å²) in [7, 11) is 0. The molecule has 184 valence electrons. The molecular weight excluding hydrogens is 496 g/mol. The Kier molecular flexibility index (Phi) is 7.44. The van der Waals surface area contributed by atoms with Gasteiger partial charge >= 0.3 is 6.18 Å². The maximum atomic E-state index is 13.5. The van der Waals surface area contributed by atoms with E-state index in [4.69, 9.17) is 4.74 Å². The van der Waals surface area contributed by atoms with Gasteiger partial charge < -0.3 is 10.1 Å². The van der Waals surface area contributed by atoms with Crippen LogP contribution in [-0.2, 0) is 4.79 Å². The van der Waals surface area contributed by atoms with Gasteiger partial charge in [0.1, 0.15) is 17.3 Å². The third kappa shape index (κ3) is 6.33. The summed E-state index contributed by atoms with van der Waals surface area (Å²) in [5.74, 6) is 0.0266. The second-order valence-electron chi connectivity index (χ2n) is 7.70. The number of fused-ring (bicyclic) bond motifs is 1. The van der Waals surface area contributed by atoms with E-state index in [2.05, 4.69) is 10.5 Å². The average molecular weight is 515 g/mol. The molecule has 0 radical (unpaired) electrons.